The number of rotatable bonds is 2. The maximum Gasteiger partial charge on any atom is 0.231 e. The molecule has 1 aliphatic rings. The summed E-state index contributed by atoms with van der Waals surface area (Å²) in [4.78, 5) is 22.9. The van der Waals surface area contributed by atoms with Crippen LogP contribution in [0, 0.1) is 0 Å². The van der Waals surface area contributed by atoms with Crippen molar-refractivity contribution >= 4 is 22.6 Å². The number of pyridine rings is 1. The minimum atomic E-state index is 0.165. The smallest absolute Gasteiger partial charge is 0.231 e. The number of fused-ring (bicyclic) bond motifs is 2. The van der Waals surface area contributed by atoms with Crippen LogP contribution in [0.3, 0.4) is 0 Å². The molecular weight excluding hydrogens is 276 g/mol. The summed E-state index contributed by atoms with van der Waals surface area (Å²) < 4.78 is 2.04. The zero-order valence-electron chi connectivity index (χ0n) is 12.6. The minimum absolute atomic E-state index is 0.165. The van der Waals surface area contributed by atoms with Crippen LogP contribution < -0.4 is 4.90 Å². The molecule has 5 nitrogen and oxygen atoms in total. The summed E-state index contributed by atoms with van der Waals surface area (Å²) in [5, 5.41) is 0. The predicted octanol–water partition coefficient (Wildman–Crippen LogP) is 2.54. The van der Waals surface area contributed by atoms with E-state index in [4.69, 9.17) is 4.98 Å². The largest absolute Gasteiger partial charge is 0.326 e. The normalized spacial score (nSPS) is 13.9. The molecule has 1 amide bonds. The number of imidazole rings is 1. The van der Waals surface area contributed by atoms with Gasteiger partial charge in [0.1, 0.15) is 5.69 Å². The van der Waals surface area contributed by atoms with Crippen molar-refractivity contribution in [1.82, 2.24) is 14.5 Å². The van der Waals surface area contributed by atoms with Crippen LogP contribution in [0.15, 0.2) is 36.5 Å². The molecule has 2 aromatic heterocycles. The third-order valence-electron chi connectivity index (χ3n) is 4.22. The molecule has 0 fully saturated rings. The van der Waals surface area contributed by atoms with Gasteiger partial charge in [-0.25, -0.2) is 4.98 Å². The Labute approximate surface area is 128 Å². The van der Waals surface area contributed by atoms with Gasteiger partial charge < -0.3 is 9.47 Å². The lowest BCUT2D eigenvalue weighted by Crippen LogP contribution is -2.25. The first kappa shape index (κ1) is 13.0. The highest BCUT2D eigenvalue weighted by Crippen LogP contribution is 2.34. The summed E-state index contributed by atoms with van der Waals surface area (Å²) in [6, 6.07) is 9.91. The number of carbonyl (C=O) groups is 1. The molecule has 0 bridgehead atoms. The highest BCUT2D eigenvalue weighted by molar-refractivity contribution is 6.04. The maximum atomic E-state index is 12.0. The standard InChI is InChI=1S/C17H16N4O/c1-3-21-14-10-13-15(8-11(14)9-16(21)22)20(2)17(19-13)12-6-4-5-7-18-12/h4-8,10H,3,9H2,1-2H3. The first-order chi connectivity index (χ1) is 10.7. The Morgan fingerprint density at radius 3 is 2.86 bits per heavy atom. The van der Waals surface area contributed by atoms with Gasteiger partial charge in [0.05, 0.1) is 17.5 Å². The summed E-state index contributed by atoms with van der Waals surface area (Å²) in [5.41, 5.74) is 4.85. The van der Waals surface area contributed by atoms with E-state index in [0.717, 1.165) is 33.8 Å². The van der Waals surface area contributed by atoms with Gasteiger partial charge in [-0.15, -0.1) is 0 Å². The average molecular weight is 292 g/mol. The summed E-state index contributed by atoms with van der Waals surface area (Å²) in [5.74, 6) is 1.01. The first-order valence-corrected chi connectivity index (χ1v) is 7.40. The van der Waals surface area contributed by atoms with E-state index in [0.29, 0.717) is 13.0 Å². The van der Waals surface area contributed by atoms with Gasteiger partial charge in [0.25, 0.3) is 0 Å². The molecule has 3 aromatic rings. The van der Waals surface area contributed by atoms with E-state index in [1.807, 2.05) is 47.7 Å². The molecule has 1 aliphatic heterocycles. The maximum absolute atomic E-state index is 12.0. The average Bonchev–Trinajstić information content (AvgIpc) is 3.02. The Hall–Kier alpha value is -2.69. The number of likely N-dealkylation sites (N-methyl/N-ethyl adjacent to an activating group) is 1. The molecule has 4 rings (SSSR count). The van der Waals surface area contributed by atoms with Crippen molar-refractivity contribution in [3.63, 3.8) is 0 Å². The van der Waals surface area contributed by atoms with Gasteiger partial charge in [-0.2, -0.15) is 0 Å². The van der Waals surface area contributed by atoms with Crippen LogP contribution in [0.4, 0.5) is 5.69 Å². The van der Waals surface area contributed by atoms with Gasteiger partial charge >= 0.3 is 0 Å². The van der Waals surface area contributed by atoms with Crippen molar-refractivity contribution in [3.05, 3.63) is 42.1 Å². The van der Waals surface area contributed by atoms with Crippen LogP contribution in [-0.2, 0) is 18.3 Å². The number of carbonyl (C=O) groups excluding carboxylic acids is 1. The highest BCUT2D eigenvalue weighted by Gasteiger charge is 2.27. The molecule has 0 unspecified atom stereocenters. The van der Waals surface area contributed by atoms with E-state index in [1.54, 1.807) is 6.20 Å². The topological polar surface area (TPSA) is 51.0 Å². The second-order valence-corrected chi connectivity index (χ2v) is 5.49. The lowest BCUT2D eigenvalue weighted by Gasteiger charge is -2.14. The van der Waals surface area contributed by atoms with Gasteiger partial charge in [0.2, 0.25) is 5.91 Å². The molecule has 5 heteroatoms. The van der Waals surface area contributed by atoms with Crippen molar-refractivity contribution in [2.24, 2.45) is 7.05 Å². The van der Waals surface area contributed by atoms with Gasteiger partial charge in [-0.05, 0) is 36.8 Å². The number of benzene rings is 1. The summed E-state index contributed by atoms with van der Waals surface area (Å²) in [6.07, 6.45) is 2.25. The van der Waals surface area contributed by atoms with E-state index >= 15 is 0 Å². The number of aryl methyl sites for hydroxylation is 1. The molecule has 0 N–H and O–H groups in total. The number of anilines is 1. The Kier molecular flexibility index (Phi) is 2.76. The third-order valence-corrected chi connectivity index (χ3v) is 4.22. The quantitative estimate of drug-likeness (QED) is 0.729. The molecule has 0 saturated heterocycles. The van der Waals surface area contributed by atoms with E-state index in [-0.39, 0.29) is 5.91 Å². The van der Waals surface area contributed by atoms with Crippen LogP contribution in [0.25, 0.3) is 22.6 Å². The van der Waals surface area contributed by atoms with Gasteiger partial charge in [0, 0.05) is 25.5 Å². The Bertz CT molecular complexity index is 883. The zero-order chi connectivity index (χ0) is 15.3. The SMILES string of the molecule is CCN1C(=O)Cc2cc3c(cc21)nc(-c1ccccn1)n3C. The van der Waals surface area contributed by atoms with E-state index in [9.17, 15) is 4.79 Å². The van der Waals surface area contributed by atoms with Crippen molar-refractivity contribution < 1.29 is 4.79 Å². The van der Waals surface area contributed by atoms with Crippen LogP contribution >= 0.6 is 0 Å². The Balaban J connectivity index is 1.92. The van der Waals surface area contributed by atoms with Crippen molar-refractivity contribution in [1.29, 1.82) is 0 Å². The fourth-order valence-electron chi connectivity index (χ4n) is 3.13. The lowest BCUT2D eigenvalue weighted by atomic mass is 10.1. The summed E-state index contributed by atoms with van der Waals surface area (Å²) >= 11 is 0. The Morgan fingerprint density at radius 1 is 1.27 bits per heavy atom. The van der Waals surface area contributed by atoms with Crippen molar-refractivity contribution in [3.8, 4) is 11.5 Å². The molecular formula is C17H16N4O. The molecule has 0 aliphatic carbocycles. The number of aromatic nitrogens is 3. The third kappa shape index (κ3) is 1.75. The lowest BCUT2D eigenvalue weighted by molar-refractivity contribution is -0.117. The predicted molar refractivity (Wildman–Crippen MR) is 85.7 cm³/mol. The molecule has 3 heterocycles. The highest BCUT2D eigenvalue weighted by atomic mass is 16.2. The molecule has 0 saturated carbocycles. The number of nitrogens with zero attached hydrogens (tertiary/aromatic N) is 4. The summed E-state index contributed by atoms with van der Waals surface area (Å²) in [6.45, 7) is 2.69. The van der Waals surface area contributed by atoms with E-state index < -0.39 is 0 Å². The van der Waals surface area contributed by atoms with Crippen molar-refractivity contribution in [2.45, 2.75) is 13.3 Å². The van der Waals surface area contributed by atoms with E-state index in [1.165, 1.54) is 0 Å². The van der Waals surface area contributed by atoms with Crippen molar-refractivity contribution in [2.75, 3.05) is 11.4 Å². The van der Waals surface area contributed by atoms with Crippen LogP contribution in [0.2, 0.25) is 0 Å². The molecule has 22 heavy (non-hydrogen) atoms. The van der Waals surface area contributed by atoms with Gasteiger partial charge in [-0.1, -0.05) is 6.07 Å². The zero-order valence-corrected chi connectivity index (χ0v) is 12.6. The molecule has 0 spiro atoms. The molecule has 1 aromatic carbocycles. The van der Waals surface area contributed by atoms with E-state index in [2.05, 4.69) is 11.1 Å². The molecule has 110 valence electrons. The van der Waals surface area contributed by atoms with Crippen LogP contribution in [-0.4, -0.2) is 27.0 Å². The fraction of sp³-hybridized carbons (Fsp3) is 0.235. The van der Waals surface area contributed by atoms with Gasteiger partial charge in [0.15, 0.2) is 5.82 Å². The number of hydrogen-bond acceptors (Lipinski definition) is 3. The van der Waals surface area contributed by atoms with Crippen LogP contribution in [0.5, 0.6) is 0 Å². The Morgan fingerprint density at radius 2 is 2.14 bits per heavy atom. The van der Waals surface area contributed by atoms with Gasteiger partial charge in [-0.3, -0.25) is 9.78 Å². The second kappa shape index (κ2) is 4.66. The van der Waals surface area contributed by atoms with Crippen LogP contribution in [0.1, 0.15) is 12.5 Å². The first-order valence-electron chi connectivity index (χ1n) is 7.40. The number of hydrogen-bond donors (Lipinski definition) is 0. The summed E-state index contributed by atoms with van der Waals surface area (Å²) in [7, 11) is 1.99. The number of amides is 1. The second-order valence-electron chi connectivity index (χ2n) is 5.49. The fourth-order valence-corrected chi connectivity index (χ4v) is 3.13. The molecule has 0 atom stereocenters. The minimum Gasteiger partial charge on any atom is -0.326 e. The molecule has 0 radical (unpaired) electrons. The monoisotopic (exact) mass is 292 g/mol.